The lowest BCUT2D eigenvalue weighted by Gasteiger charge is -2.28. The summed E-state index contributed by atoms with van der Waals surface area (Å²) >= 11 is 0. The second kappa shape index (κ2) is 5.76. The number of carbonyl (C=O) groups excluding carboxylic acids is 1. The van der Waals surface area contributed by atoms with Crippen LogP contribution in [0.25, 0.3) is 5.52 Å². The Hall–Kier alpha value is -1.82. The zero-order valence-electron chi connectivity index (χ0n) is 12.5. The number of aromatic nitrogens is 1. The highest BCUT2D eigenvalue weighted by Crippen LogP contribution is 2.24. The van der Waals surface area contributed by atoms with E-state index >= 15 is 0 Å². The molecule has 0 aliphatic heterocycles. The Labute approximate surface area is 130 Å². The molecule has 2 aromatic rings. The number of amides is 1. The highest BCUT2D eigenvalue weighted by Gasteiger charge is 2.29. The smallest absolute Gasteiger partial charge is 0.253 e. The van der Waals surface area contributed by atoms with E-state index in [1.165, 1.54) is 6.26 Å². The molecule has 2 heterocycles. The van der Waals surface area contributed by atoms with Gasteiger partial charge in [0.1, 0.15) is 9.84 Å². The number of nitrogens with zero attached hydrogens (tertiary/aromatic N) is 1. The van der Waals surface area contributed by atoms with E-state index in [1.54, 1.807) is 6.20 Å². The number of fused-ring (bicyclic) bond motifs is 1. The van der Waals surface area contributed by atoms with Crippen LogP contribution in [0.5, 0.6) is 0 Å². The quantitative estimate of drug-likeness (QED) is 0.941. The lowest BCUT2D eigenvalue weighted by molar-refractivity contribution is 0.0928. The summed E-state index contributed by atoms with van der Waals surface area (Å²) in [6.45, 7) is 0. The normalized spacial score (nSPS) is 22.6. The van der Waals surface area contributed by atoms with E-state index in [1.807, 2.05) is 34.9 Å². The van der Waals surface area contributed by atoms with Gasteiger partial charge in [-0.25, -0.2) is 8.42 Å². The Morgan fingerprint density at radius 3 is 2.86 bits per heavy atom. The van der Waals surface area contributed by atoms with Gasteiger partial charge in [-0.2, -0.15) is 0 Å². The Balaban J connectivity index is 1.71. The van der Waals surface area contributed by atoms with Gasteiger partial charge in [0.15, 0.2) is 0 Å². The van der Waals surface area contributed by atoms with Crippen LogP contribution >= 0.6 is 0 Å². The zero-order valence-corrected chi connectivity index (χ0v) is 13.3. The van der Waals surface area contributed by atoms with Crippen molar-refractivity contribution < 1.29 is 13.2 Å². The number of nitrogens with one attached hydrogen (secondary N) is 1. The minimum atomic E-state index is -3.04. The predicted octanol–water partition coefficient (Wildman–Crippen LogP) is 2.02. The first-order valence-electron chi connectivity index (χ1n) is 7.50. The molecule has 0 saturated heterocycles. The van der Waals surface area contributed by atoms with Crippen LogP contribution in [-0.4, -0.2) is 36.3 Å². The summed E-state index contributed by atoms with van der Waals surface area (Å²) in [4.78, 5) is 12.4. The van der Waals surface area contributed by atoms with Gasteiger partial charge in [0.2, 0.25) is 0 Å². The Morgan fingerprint density at radius 2 is 2.14 bits per heavy atom. The molecule has 2 aromatic heterocycles. The minimum Gasteiger partial charge on any atom is -0.349 e. The van der Waals surface area contributed by atoms with Gasteiger partial charge >= 0.3 is 0 Å². The van der Waals surface area contributed by atoms with Gasteiger partial charge in [-0.15, -0.1) is 0 Å². The molecule has 1 saturated carbocycles. The van der Waals surface area contributed by atoms with Crippen LogP contribution in [0.1, 0.15) is 36.0 Å². The molecule has 1 aliphatic carbocycles. The molecule has 118 valence electrons. The van der Waals surface area contributed by atoms with Gasteiger partial charge in [0.05, 0.1) is 10.8 Å². The summed E-state index contributed by atoms with van der Waals surface area (Å²) in [5.74, 6) is -0.136. The Bertz CT molecular complexity index is 762. The van der Waals surface area contributed by atoms with Crippen molar-refractivity contribution in [2.75, 3.05) is 6.26 Å². The highest BCUT2D eigenvalue weighted by molar-refractivity contribution is 7.91. The molecule has 2 atom stereocenters. The third-order valence-electron chi connectivity index (χ3n) is 4.33. The van der Waals surface area contributed by atoms with E-state index in [0.717, 1.165) is 18.4 Å². The van der Waals surface area contributed by atoms with Gasteiger partial charge in [0.25, 0.3) is 5.91 Å². The lowest BCUT2D eigenvalue weighted by Crippen LogP contribution is -2.41. The molecule has 0 aromatic carbocycles. The van der Waals surface area contributed by atoms with Crippen molar-refractivity contribution in [2.24, 2.45) is 0 Å². The average Bonchev–Trinajstić information content (AvgIpc) is 2.90. The van der Waals surface area contributed by atoms with Crippen molar-refractivity contribution >= 4 is 21.3 Å². The number of carbonyl (C=O) groups is 1. The standard InChI is InChI=1S/C16H20N2O3S/c1-22(20,21)15-7-4-5-13(10-15)17-16(19)12-9-14-6-2-3-8-18(14)11-12/h2-3,6,8-9,11,13,15H,4-5,7,10H2,1H3,(H,17,19)/t13-,15-/m0/s1. The molecule has 0 unspecified atom stereocenters. The van der Waals surface area contributed by atoms with Crippen LogP contribution in [-0.2, 0) is 9.84 Å². The molecule has 1 aliphatic rings. The van der Waals surface area contributed by atoms with E-state index < -0.39 is 9.84 Å². The van der Waals surface area contributed by atoms with Gasteiger partial charge in [-0.1, -0.05) is 12.5 Å². The van der Waals surface area contributed by atoms with Crippen molar-refractivity contribution in [2.45, 2.75) is 37.0 Å². The summed E-state index contributed by atoms with van der Waals surface area (Å²) in [6, 6.07) is 7.55. The molecule has 5 nitrogen and oxygen atoms in total. The van der Waals surface area contributed by atoms with Crippen LogP contribution < -0.4 is 5.32 Å². The summed E-state index contributed by atoms with van der Waals surface area (Å²) in [6.07, 6.45) is 7.85. The van der Waals surface area contributed by atoms with Gasteiger partial charge in [-0.3, -0.25) is 4.79 Å². The van der Waals surface area contributed by atoms with Crippen molar-refractivity contribution in [1.29, 1.82) is 0 Å². The van der Waals surface area contributed by atoms with Gasteiger partial charge in [-0.05, 0) is 37.5 Å². The molecular weight excluding hydrogens is 300 g/mol. The van der Waals surface area contributed by atoms with Crippen molar-refractivity contribution in [3.8, 4) is 0 Å². The number of hydrogen-bond acceptors (Lipinski definition) is 3. The molecule has 0 spiro atoms. The summed E-state index contributed by atoms with van der Waals surface area (Å²) in [5.41, 5.74) is 1.57. The van der Waals surface area contributed by atoms with Crippen LogP contribution in [0.2, 0.25) is 0 Å². The molecule has 0 radical (unpaired) electrons. The molecule has 1 amide bonds. The topological polar surface area (TPSA) is 67.7 Å². The molecule has 22 heavy (non-hydrogen) atoms. The maximum atomic E-state index is 12.4. The monoisotopic (exact) mass is 320 g/mol. The Kier molecular flexibility index (Phi) is 3.95. The van der Waals surface area contributed by atoms with E-state index in [2.05, 4.69) is 5.32 Å². The van der Waals surface area contributed by atoms with Gasteiger partial charge in [0, 0.05) is 30.2 Å². The lowest BCUT2D eigenvalue weighted by atomic mass is 9.95. The second-order valence-electron chi connectivity index (χ2n) is 6.05. The molecule has 3 rings (SSSR count). The zero-order chi connectivity index (χ0) is 15.7. The fourth-order valence-corrected chi connectivity index (χ4v) is 4.29. The van der Waals surface area contributed by atoms with Crippen molar-refractivity contribution in [1.82, 2.24) is 9.72 Å². The predicted molar refractivity (Wildman–Crippen MR) is 85.8 cm³/mol. The van der Waals surface area contributed by atoms with Crippen LogP contribution in [0, 0.1) is 0 Å². The fourth-order valence-electron chi connectivity index (χ4n) is 3.11. The first-order valence-corrected chi connectivity index (χ1v) is 9.45. The van der Waals surface area contributed by atoms with E-state index in [9.17, 15) is 13.2 Å². The van der Waals surface area contributed by atoms with E-state index in [4.69, 9.17) is 0 Å². The fraction of sp³-hybridized carbons (Fsp3) is 0.438. The highest BCUT2D eigenvalue weighted by atomic mass is 32.2. The summed E-state index contributed by atoms with van der Waals surface area (Å²) in [7, 11) is -3.04. The summed E-state index contributed by atoms with van der Waals surface area (Å²) in [5, 5.41) is 2.65. The van der Waals surface area contributed by atoms with Crippen molar-refractivity contribution in [3.05, 3.63) is 42.2 Å². The van der Waals surface area contributed by atoms with E-state index in [0.29, 0.717) is 18.4 Å². The first-order chi connectivity index (χ1) is 10.4. The van der Waals surface area contributed by atoms with Crippen molar-refractivity contribution in [3.63, 3.8) is 0 Å². The number of sulfone groups is 1. The van der Waals surface area contributed by atoms with Crippen LogP contribution in [0.15, 0.2) is 36.7 Å². The SMILES string of the molecule is CS(=O)(=O)[C@H]1CCC[C@H](NC(=O)c2cc3ccccn3c2)C1. The third-order valence-corrected chi connectivity index (χ3v) is 5.97. The molecule has 1 fully saturated rings. The first kappa shape index (κ1) is 15.1. The van der Waals surface area contributed by atoms with Crippen LogP contribution in [0.4, 0.5) is 0 Å². The maximum absolute atomic E-state index is 12.4. The number of pyridine rings is 1. The molecular formula is C16H20N2O3S. The Morgan fingerprint density at radius 1 is 1.32 bits per heavy atom. The molecule has 6 heteroatoms. The van der Waals surface area contributed by atoms with Gasteiger partial charge < -0.3 is 9.72 Å². The molecule has 1 N–H and O–H groups in total. The largest absolute Gasteiger partial charge is 0.349 e. The average molecular weight is 320 g/mol. The number of hydrogen-bond donors (Lipinski definition) is 1. The third kappa shape index (κ3) is 3.16. The maximum Gasteiger partial charge on any atom is 0.253 e. The minimum absolute atomic E-state index is 0.0658. The number of rotatable bonds is 3. The second-order valence-corrected chi connectivity index (χ2v) is 8.38. The van der Waals surface area contributed by atoms with Crippen LogP contribution in [0.3, 0.4) is 0 Å². The summed E-state index contributed by atoms with van der Waals surface area (Å²) < 4.78 is 25.3. The van der Waals surface area contributed by atoms with E-state index in [-0.39, 0.29) is 17.2 Å². The molecule has 0 bridgehead atoms.